The summed E-state index contributed by atoms with van der Waals surface area (Å²) < 4.78 is 6.06. The number of ether oxygens (including phenoxy) is 1. The number of thiazole rings is 1. The van der Waals surface area contributed by atoms with Gasteiger partial charge in [-0.05, 0) is 18.2 Å². The topological polar surface area (TPSA) is 79.7 Å². The van der Waals surface area contributed by atoms with Gasteiger partial charge in [0.05, 0.1) is 23.2 Å². The Morgan fingerprint density at radius 1 is 1.55 bits per heavy atom. The summed E-state index contributed by atoms with van der Waals surface area (Å²) in [5, 5.41) is 9.53. The molecule has 1 aliphatic heterocycles. The number of carboxylic acid groups (broad SMARTS) is 1. The number of aromatic nitrogens is 1. The Bertz CT molecular complexity index is 697. The third kappa shape index (κ3) is 2.09. The summed E-state index contributed by atoms with van der Waals surface area (Å²) in [5.41, 5.74) is 0.775. The van der Waals surface area contributed by atoms with E-state index < -0.39 is 11.9 Å². The molecule has 1 atom stereocenters. The van der Waals surface area contributed by atoms with Crippen molar-refractivity contribution in [3.63, 3.8) is 0 Å². The lowest BCUT2D eigenvalue weighted by molar-refractivity contribution is -0.141. The van der Waals surface area contributed by atoms with Crippen molar-refractivity contribution in [2.75, 3.05) is 18.6 Å². The van der Waals surface area contributed by atoms with Crippen LogP contribution in [-0.2, 0) is 9.59 Å². The van der Waals surface area contributed by atoms with Gasteiger partial charge in [-0.15, -0.1) is 0 Å². The van der Waals surface area contributed by atoms with Crippen molar-refractivity contribution >= 4 is 38.6 Å². The molecule has 0 bridgehead atoms. The minimum atomic E-state index is -0.941. The summed E-state index contributed by atoms with van der Waals surface area (Å²) in [6.07, 6.45) is 0.0363. The zero-order valence-electron chi connectivity index (χ0n) is 10.7. The van der Waals surface area contributed by atoms with Crippen LogP contribution >= 0.6 is 11.3 Å². The lowest BCUT2D eigenvalue weighted by Crippen LogP contribution is -2.25. The average molecular weight is 292 g/mol. The van der Waals surface area contributed by atoms with Crippen LogP contribution in [0.25, 0.3) is 10.2 Å². The normalized spacial score (nSPS) is 18.8. The van der Waals surface area contributed by atoms with Crippen LogP contribution in [0.3, 0.4) is 0 Å². The fraction of sp³-hybridized carbons (Fsp3) is 0.308. The van der Waals surface area contributed by atoms with Gasteiger partial charge in [-0.3, -0.25) is 14.5 Å². The molecular weight excluding hydrogens is 280 g/mol. The Kier molecular flexibility index (Phi) is 3.06. The van der Waals surface area contributed by atoms with Crippen LogP contribution in [0, 0.1) is 5.92 Å². The number of hydrogen-bond donors (Lipinski definition) is 1. The van der Waals surface area contributed by atoms with E-state index in [1.807, 2.05) is 12.1 Å². The third-order valence-electron chi connectivity index (χ3n) is 3.29. The molecule has 0 aliphatic carbocycles. The van der Waals surface area contributed by atoms with Crippen LogP contribution in [0.15, 0.2) is 18.2 Å². The Labute approximate surface area is 118 Å². The smallest absolute Gasteiger partial charge is 0.308 e. The predicted molar refractivity (Wildman–Crippen MR) is 74.3 cm³/mol. The van der Waals surface area contributed by atoms with E-state index >= 15 is 0 Å². The first kappa shape index (κ1) is 12.9. The molecule has 7 heteroatoms. The second-order valence-electron chi connectivity index (χ2n) is 4.57. The Morgan fingerprint density at radius 2 is 2.35 bits per heavy atom. The van der Waals surface area contributed by atoms with Gasteiger partial charge < -0.3 is 9.84 Å². The minimum absolute atomic E-state index is 0.0363. The SMILES string of the molecule is COc1ccc2nc(N3C[C@H](C(=O)O)CC3=O)sc2c1. The van der Waals surface area contributed by atoms with E-state index in [-0.39, 0.29) is 18.9 Å². The highest BCUT2D eigenvalue weighted by atomic mass is 32.1. The molecule has 0 spiro atoms. The van der Waals surface area contributed by atoms with Crippen LogP contribution in [0.2, 0.25) is 0 Å². The standard InChI is InChI=1S/C13H12N2O4S/c1-19-8-2-3-9-10(5-8)20-13(14-9)15-6-7(12(17)18)4-11(15)16/h2-3,5,7H,4,6H2,1H3,(H,17,18)/t7-/m1/s1. The van der Waals surface area contributed by atoms with Crippen LogP contribution in [-0.4, -0.2) is 35.6 Å². The quantitative estimate of drug-likeness (QED) is 0.932. The Hall–Kier alpha value is -2.15. The third-order valence-corrected chi connectivity index (χ3v) is 4.33. The van der Waals surface area contributed by atoms with Gasteiger partial charge in [0, 0.05) is 13.0 Å². The molecular formula is C13H12N2O4S. The summed E-state index contributed by atoms with van der Waals surface area (Å²) in [5.74, 6) is -1.06. The number of rotatable bonds is 3. The molecule has 20 heavy (non-hydrogen) atoms. The maximum absolute atomic E-state index is 11.9. The number of anilines is 1. The van der Waals surface area contributed by atoms with Crippen LogP contribution in [0.5, 0.6) is 5.75 Å². The Morgan fingerprint density at radius 3 is 3.00 bits per heavy atom. The fourth-order valence-electron chi connectivity index (χ4n) is 2.19. The highest BCUT2D eigenvalue weighted by molar-refractivity contribution is 7.22. The molecule has 1 N–H and O–H groups in total. The van der Waals surface area contributed by atoms with Gasteiger partial charge in [0.15, 0.2) is 5.13 Å². The van der Waals surface area contributed by atoms with E-state index in [0.717, 1.165) is 16.0 Å². The molecule has 6 nitrogen and oxygen atoms in total. The molecule has 0 radical (unpaired) electrons. The molecule has 1 saturated heterocycles. The molecule has 0 saturated carbocycles. The van der Waals surface area contributed by atoms with Crippen LogP contribution < -0.4 is 9.64 Å². The molecule has 104 valence electrons. The second kappa shape index (κ2) is 4.75. The number of amides is 1. The molecule has 1 aliphatic rings. The van der Waals surface area contributed by atoms with Gasteiger partial charge in [-0.1, -0.05) is 11.3 Å². The first-order chi connectivity index (χ1) is 9.58. The first-order valence-corrected chi connectivity index (χ1v) is 6.88. The van der Waals surface area contributed by atoms with E-state index in [9.17, 15) is 9.59 Å². The number of aliphatic carboxylic acids is 1. The number of carbonyl (C=O) groups is 2. The largest absolute Gasteiger partial charge is 0.497 e. The average Bonchev–Trinajstić information content (AvgIpc) is 3.00. The van der Waals surface area contributed by atoms with Crippen LogP contribution in [0.4, 0.5) is 5.13 Å². The van der Waals surface area contributed by atoms with Gasteiger partial charge >= 0.3 is 5.97 Å². The molecule has 2 aromatic rings. The lowest BCUT2D eigenvalue weighted by atomic mass is 10.1. The first-order valence-electron chi connectivity index (χ1n) is 6.06. The number of fused-ring (bicyclic) bond motifs is 1. The van der Waals surface area contributed by atoms with Gasteiger partial charge in [0.2, 0.25) is 5.91 Å². The second-order valence-corrected chi connectivity index (χ2v) is 5.58. The zero-order valence-corrected chi connectivity index (χ0v) is 11.5. The van der Waals surface area contributed by atoms with Crippen molar-refractivity contribution in [2.45, 2.75) is 6.42 Å². The van der Waals surface area contributed by atoms with Gasteiger partial charge in [-0.2, -0.15) is 0 Å². The van der Waals surface area contributed by atoms with E-state index in [0.29, 0.717) is 5.13 Å². The van der Waals surface area contributed by atoms with E-state index in [1.165, 1.54) is 16.2 Å². The highest BCUT2D eigenvalue weighted by Crippen LogP contribution is 2.34. The zero-order chi connectivity index (χ0) is 14.3. The molecule has 3 rings (SSSR count). The van der Waals surface area contributed by atoms with Gasteiger partial charge in [-0.25, -0.2) is 4.98 Å². The Balaban J connectivity index is 1.94. The molecule has 1 aromatic heterocycles. The summed E-state index contributed by atoms with van der Waals surface area (Å²) in [6.45, 7) is 0.186. The maximum Gasteiger partial charge on any atom is 0.308 e. The number of methoxy groups -OCH3 is 1. The molecule has 1 amide bonds. The minimum Gasteiger partial charge on any atom is -0.497 e. The van der Waals surface area contributed by atoms with Crippen molar-refractivity contribution in [3.05, 3.63) is 18.2 Å². The van der Waals surface area contributed by atoms with Crippen molar-refractivity contribution in [1.82, 2.24) is 4.98 Å². The van der Waals surface area contributed by atoms with Crippen molar-refractivity contribution in [2.24, 2.45) is 5.92 Å². The summed E-state index contributed by atoms with van der Waals surface area (Å²) in [6, 6.07) is 5.48. The van der Waals surface area contributed by atoms with Crippen LogP contribution in [0.1, 0.15) is 6.42 Å². The van der Waals surface area contributed by atoms with Crippen molar-refractivity contribution < 1.29 is 19.4 Å². The number of carbonyl (C=O) groups excluding carboxylic acids is 1. The van der Waals surface area contributed by atoms with Gasteiger partial charge in [0.25, 0.3) is 0 Å². The number of carboxylic acids is 1. The summed E-state index contributed by atoms with van der Waals surface area (Å²) in [7, 11) is 1.59. The van der Waals surface area contributed by atoms with E-state index in [2.05, 4.69) is 4.98 Å². The molecule has 2 heterocycles. The summed E-state index contributed by atoms with van der Waals surface area (Å²) >= 11 is 1.36. The number of benzene rings is 1. The van der Waals surface area contributed by atoms with E-state index in [4.69, 9.17) is 9.84 Å². The fourth-order valence-corrected chi connectivity index (χ4v) is 3.21. The monoisotopic (exact) mass is 292 g/mol. The highest BCUT2D eigenvalue weighted by Gasteiger charge is 2.36. The van der Waals surface area contributed by atoms with Gasteiger partial charge in [0.1, 0.15) is 5.75 Å². The molecule has 1 fully saturated rings. The van der Waals surface area contributed by atoms with Crippen molar-refractivity contribution in [3.8, 4) is 5.75 Å². The number of nitrogens with zero attached hydrogens (tertiary/aromatic N) is 2. The van der Waals surface area contributed by atoms with E-state index in [1.54, 1.807) is 13.2 Å². The molecule has 1 aromatic carbocycles. The molecule has 0 unspecified atom stereocenters. The maximum atomic E-state index is 11.9. The number of hydrogen-bond acceptors (Lipinski definition) is 5. The van der Waals surface area contributed by atoms with Crippen molar-refractivity contribution in [1.29, 1.82) is 0 Å². The summed E-state index contributed by atoms with van der Waals surface area (Å²) in [4.78, 5) is 28.7. The lowest BCUT2D eigenvalue weighted by Gasteiger charge is -2.10. The predicted octanol–water partition coefficient (Wildman–Crippen LogP) is 1.74.